The zero-order valence-electron chi connectivity index (χ0n) is 34.7. The third-order valence-electron chi connectivity index (χ3n) is 10.9. The molecule has 1 saturated heterocycles. The molecule has 10 atom stereocenters. The lowest BCUT2D eigenvalue weighted by atomic mass is 9.91. The summed E-state index contributed by atoms with van der Waals surface area (Å²) in [5.41, 5.74) is 0. The van der Waals surface area contributed by atoms with Crippen molar-refractivity contribution in [3.8, 4) is 0 Å². The Bertz CT molecular complexity index is 1380. The van der Waals surface area contributed by atoms with Gasteiger partial charge in [0.25, 0.3) is 11.8 Å². The molecule has 0 spiro atoms. The molecule has 0 radical (unpaired) electrons. The van der Waals surface area contributed by atoms with Crippen LogP contribution in [-0.2, 0) is 38.3 Å². The Morgan fingerprint density at radius 1 is 0.963 bits per heavy atom. The van der Waals surface area contributed by atoms with E-state index in [-0.39, 0.29) is 30.7 Å². The second-order valence-electron chi connectivity index (χ2n) is 16.1. The second kappa shape index (κ2) is 20.8. The van der Waals surface area contributed by atoms with E-state index in [1.807, 2.05) is 20.8 Å². The average molecular weight is 762 g/mol. The maximum Gasteiger partial charge on any atom is 0.302 e. The number of carbonyl (C=O) groups excluding carboxylic acids is 7. The van der Waals surface area contributed by atoms with E-state index in [1.165, 1.54) is 41.7 Å². The number of nitrogens with zero attached hydrogens (tertiary/aromatic N) is 4. The van der Waals surface area contributed by atoms with Gasteiger partial charge in [-0.25, -0.2) is 0 Å². The lowest BCUT2D eigenvalue weighted by Crippen LogP contribution is -2.62. The van der Waals surface area contributed by atoms with Crippen LogP contribution in [-0.4, -0.2) is 129 Å². The Labute approximate surface area is 322 Å². The van der Waals surface area contributed by atoms with Crippen molar-refractivity contribution >= 4 is 41.4 Å². The summed E-state index contributed by atoms with van der Waals surface area (Å²) in [7, 11) is 3.00. The van der Waals surface area contributed by atoms with Gasteiger partial charge in [0, 0.05) is 46.0 Å². The van der Waals surface area contributed by atoms with Gasteiger partial charge in [0.2, 0.25) is 23.6 Å². The number of amides is 6. The van der Waals surface area contributed by atoms with Crippen LogP contribution in [0.3, 0.4) is 0 Å². The first kappa shape index (κ1) is 46.3. The fourth-order valence-electron chi connectivity index (χ4n) is 7.60. The summed E-state index contributed by atoms with van der Waals surface area (Å²) >= 11 is 0. The van der Waals surface area contributed by atoms with Crippen molar-refractivity contribution in [3.63, 3.8) is 0 Å². The smallest absolute Gasteiger partial charge is 0.302 e. The van der Waals surface area contributed by atoms with Crippen LogP contribution in [0.4, 0.5) is 0 Å². The number of nitrogens with one attached hydrogen (secondary N) is 1. The van der Waals surface area contributed by atoms with Crippen LogP contribution in [0.1, 0.15) is 114 Å². The maximum absolute atomic E-state index is 14.5. The summed E-state index contributed by atoms with van der Waals surface area (Å²) < 4.78 is 5.43. The number of aliphatic hydroxyl groups excluding tert-OH is 1. The van der Waals surface area contributed by atoms with Crippen molar-refractivity contribution in [2.75, 3.05) is 20.6 Å². The number of carbonyl (C=O) groups is 7. The normalized spacial score (nSPS) is 22.3. The lowest BCUT2D eigenvalue weighted by molar-refractivity contribution is -0.157. The molecule has 0 aliphatic carbocycles. The van der Waals surface area contributed by atoms with Gasteiger partial charge in [-0.3, -0.25) is 38.5 Å². The van der Waals surface area contributed by atoms with E-state index in [2.05, 4.69) is 19.2 Å². The van der Waals surface area contributed by atoms with Crippen LogP contribution < -0.4 is 5.32 Å². The average Bonchev–Trinajstić information content (AvgIpc) is 3.66. The maximum atomic E-state index is 14.5. The highest BCUT2D eigenvalue weighted by Crippen LogP contribution is 2.27. The van der Waals surface area contributed by atoms with Gasteiger partial charge in [-0.05, 0) is 44.4 Å². The quantitative estimate of drug-likeness (QED) is 0.148. The minimum absolute atomic E-state index is 0.0570. The molecule has 1 fully saturated rings. The molecule has 14 nitrogen and oxygen atoms in total. The molecule has 0 aromatic heterocycles. The Kier molecular flexibility index (Phi) is 17.8. The standard InChI is InChI=1S/C40H67N5O9/c1-13-15-16-25(6)19-26(7)37(50)42(11)31(20-24(5)14-2)36(49)41-34(28(9)54-29(10)46)39(52)43(12)35(23(3)4)40(53)44-22-30(47)21-32(44)38(51)45-27(8)17-18-33(45)48/h17-18,23-28,30-32,34-35,47H,13-16,19-22H2,1-12H3,(H,41,49). The van der Waals surface area contributed by atoms with Crippen LogP contribution in [0.25, 0.3) is 0 Å². The van der Waals surface area contributed by atoms with Crippen LogP contribution in [0, 0.1) is 23.7 Å². The molecular formula is C40H67N5O9. The van der Waals surface area contributed by atoms with Crippen LogP contribution in [0.15, 0.2) is 12.2 Å². The van der Waals surface area contributed by atoms with Gasteiger partial charge < -0.3 is 29.9 Å². The van der Waals surface area contributed by atoms with E-state index in [9.17, 15) is 38.7 Å². The van der Waals surface area contributed by atoms with Crippen molar-refractivity contribution in [2.45, 2.75) is 157 Å². The number of imide groups is 1. The van der Waals surface area contributed by atoms with E-state index < -0.39 is 83.8 Å². The molecule has 2 heterocycles. The fourth-order valence-corrected chi connectivity index (χ4v) is 7.60. The highest BCUT2D eigenvalue weighted by molar-refractivity contribution is 6.06. The second-order valence-corrected chi connectivity index (χ2v) is 16.1. The van der Waals surface area contributed by atoms with Crippen molar-refractivity contribution in [2.24, 2.45) is 23.7 Å². The number of likely N-dealkylation sites (tertiary alicyclic amines) is 1. The minimum Gasteiger partial charge on any atom is -0.460 e. The highest BCUT2D eigenvalue weighted by atomic mass is 16.5. The van der Waals surface area contributed by atoms with Crippen molar-refractivity contribution in [1.29, 1.82) is 0 Å². The number of rotatable bonds is 19. The summed E-state index contributed by atoms with van der Waals surface area (Å²) in [4.78, 5) is 99.9. The molecular weight excluding hydrogens is 694 g/mol. The van der Waals surface area contributed by atoms with Crippen LogP contribution in [0.2, 0.25) is 0 Å². The van der Waals surface area contributed by atoms with Gasteiger partial charge in [0.15, 0.2) is 0 Å². The lowest BCUT2D eigenvalue weighted by Gasteiger charge is -2.38. The molecule has 0 aromatic carbocycles. The first-order valence-corrected chi connectivity index (χ1v) is 19.7. The van der Waals surface area contributed by atoms with Gasteiger partial charge in [0.05, 0.1) is 12.1 Å². The Balaban J connectivity index is 2.44. The summed E-state index contributed by atoms with van der Waals surface area (Å²) in [6.45, 7) is 17.7. The highest BCUT2D eigenvalue weighted by Gasteiger charge is 2.48. The molecule has 2 rings (SSSR count). The topological polar surface area (TPSA) is 174 Å². The number of esters is 1. The molecule has 0 saturated carbocycles. The monoisotopic (exact) mass is 761 g/mol. The van der Waals surface area contributed by atoms with Crippen molar-refractivity contribution in [3.05, 3.63) is 12.2 Å². The molecule has 10 unspecified atom stereocenters. The summed E-state index contributed by atoms with van der Waals surface area (Å²) in [5.74, 6) is -4.39. The van der Waals surface area contributed by atoms with Crippen molar-refractivity contribution in [1.82, 2.24) is 24.9 Å². The Hall–Kier alpha value is -3.81. The predicted molar refractivity (Wildman–Crippen MR) is 204 cm³/mol. The van der Waals surface area contributed by atoms with E-state index in [1.54, 1.807) is 33.9 Å². The van der Waals surface area contributed by atoms with E-state index >= 15 is 0 Å². The molecule has 14 heteroatoms. The van der Waals surface area contributed by atoms with Gasteiger partial charge >= 0.3 is 5.97 Å². The SMILES string of the molecule is CCCCC(C)CC(C)C(=O)N(C)C(CC(C)CC)C(=O)NC(C(=O)N(C)C(C(=O)N1CC(O)CC1C(=O)N1C(=O)C=CC1C)C(C)C)C(C)OC(C)=O. The molecule has 54 heavy (non-hydrogen) atoms. The van der Waals surface area contributed by atoms with Gasteiger partial charge in [-0.15, -0.1) is 0 Å². The fraction of sp³-hybridized carbons (Fsp3) is 0.775. The number of unbranched alkanes of at least 4 members (excludes halogenated alkanes) is 1. The summed E-state index contributed by atoms with van der Waals surface area (Å²) in [6, 6.07) is -5.19. The molecule has 6 amide bonds. The molecule has 0 aromatic rings. The zero-order chi connectivity index (χ0) is 41.2. The van der Waals surface area contributed by atoms with E-state index in [4.69, 9.17) is 4.74 Å². The summed E-state index contributed by atoms with van der Waals surface area (Å²) in [6.07, 6.45) is 5.49. The van der Waals surface area contributed by atoms with Crippen LogP contribution >= 0.6 is 0 Å². The number of β-amino-alcohol motifs (C(OH)–C–C–N with tert-alkyl or cyclic N) is 1. The third kappa shape index (κ3) is 11.8. The van der Waals surface area contributed by atoms with Gasteiger partial charge in [0.1, 0.15) is 30.3 Å². The molecule has 306 valence electrons. The number of aliphatic hydroxyl groups is 1. The first-order valence-electron chi connectivity index (χ1n) is 19.7. The van der Waals surface area contributed by atoms with Crippen molar-refractivity contribution < 1.29 is 43.4 Å². The van der Waals surface area contributed by atoms with Gasteiger partial charge in [-0.2, -0.15) is 0 Å². The van der Waals surface area contributed by atoms with Crippen LogP contribution in [0.5, 0.6) is 0 Å². The molecule has 2 aliphatic heterocycles. The predicted octanol–water partition coefficient (Wildman–Crippen LogP) is 3.30. The number of ether oxygens (including phenoxy) is 1. The largest absolute Gasteiger partial charge is 0.460 e. The Morgan fingerprint density at radius 2 is 1.59 bits per heavy atom. The van der Waals surface area contributed by atoms with E-state index in [0.717, 1.165) is 30.6 Å². The molecule has 0 bridgehead atoms. The van der Waals surface area contributed by atoms with E-state index in [0.29, 0.717) is 18.8 Å². The first-order chi connectivity index (χ1) is 25.2. The van der Waals surface area contributed by atoms with Gasteiger partial charge in [-0.1, -0.05) is 80.2 Å². The number of likely N-dealkylation sites (N-methyl/N-ethyl adjacent to an activating group) is 2. The Morgan fingerprint density at radius 3 is 2.11 bits per heavy atom. The summed E-state index contributed by atoms with van der Waals surface area (Å²) in [5, 5.41) is 13.4. The third-order valence-corrected chi connectivity index (χ3v) is 10.9. The number of hydrogen-bond donors (Lipinski definition) is 2. The zero-order valence-corrected chi connectivity index (χ0v) is 34.7. The minimum atomic E-state index is -1.44. The number of hydrogen-bond acceptors (Lipinski definition) is 9. The molecule has 2 N–H and O–H groups in total. The molecule has 2 aliphatic rings.